The number of hydrogen-bond acceptors (Lipinski definition) is 4. The van der Waals surface area contributed by atoms with Crippen molar-refractivity contribution >= 4 is 11.9 Å². The molecule has 4 N–H and O–H groups in total. The van der Waals surface area contributed by atoms with Gasteiger partial charge in [0.05, 0.1) is 11.5 Å². The standard InChI is InChI=1S/C11H13NO5/c1-6(11(16)17)5-12-10(15)8-3-2-7(13)4-9(8)14/h2-4,6,13-14H,5H2,1H3,(H,12,15)(H,16,17). The number of phenolic OH excluding ortho intramolecular Hbond substituents is 2. The van der Waals surface area contributed by atoms with Gasteiger partial charge in [0.15, 0.2) is 0 Å². The number of phenols is 2. The Morgan fingerprint density at radius 2 is 2.00 bits per heavy atom. The summed E-state index contributed by atoms with van der Waals surface area (Å²) in [6.07, 6.45) is 0. The second-order valence-electron chi connectivity index (χ2n) is 3.65. The molecule has 1 aromatic rings. The van der Waals surface area contributed by atoms with Gasteiger partial charge in [-0.25, -0.2) is 0 Å². The van der Waals surface area contributed by atoms with Crippen molar-refractivity contribution in [3.63, 3.8) is 0 Å². The third-order valence-corrected chi connectivity index (χ3v) is 2.22. The van der Waals surface area contributed by atoms with Crippen LogP contribution < -0.4 is 5.32 Å². The Labute approximate surface area is 97.5 Å². The van der Waals surface area contributed by atoms with Gasteiger partial charge in [-0.3, -0.25) is 9.59 Å². The van der Waals surface area contributed by atoms with Crippen LogP contribution in [0.3, 0.4) is 0 Å². The third-order valence-electron chi connectivity index (χ3n) is 2.22. The van der Waals surface area contributed by atoms with Crippen LogP contribution in [0.15, 0.2) is 18.2 Å². The maximum Gasteiger partial charge on any atom is 0.308 e. The molecule has 0 aliphatic carbocycles. The minimum atomic E-state index is -1.01. The molecular weight excluding hydrogens is 226 g/mol. The maximum atomic E-state index is 11.6. The highest BCUT2D eigenvalue weighted by Gasteiger charge is 2.15. The summed E-state index contributed by atoms with van der Waals surface area (Å²) in [7, 11) is 0. The van der Waals surface area contributed by atoms with E-state index in [1.807, 2.05) is 0 Å². The molecule has 0 fully saturated rings. The summed E-state index contributed by atoms with van der Waals surface area (Å²) >= 11 is 0. The molecule has 1 rings (SSSR count). The van der Waals surface area contributed by atoms with Crippen molar-refractivity contribution in [1.82, 2.24) is 5.32 Å². The van der Waals surface area contributed by atoms with Crippen molar-refractivity contribution in [2.45, 2.75) is 6.92 Å². The zero-order valence-electron chi connectivity index (χ0n) is 9.17. The van der Waals surface area contributed by atoms with E-state index >= 15 is 0 Å². The Bertz CT molecular complexity index is 443. The molecule has 6 nitrogen and oxygen atoms in total. The molecule has 1 amide bonds. The van der Waals surface area contributed by atoms with Crippen LogP contribution in [0.4, 0.5) is 0 Å². The molecule has 0 heterocycles. The lowest BCUT2D eigenvalue weighted by Crippen LogP contribution is -2.31. The molecule has 0 aromatic heterocycles. The fourth-order valence-electron chi connectivity index (χ4n) is 1.14. The number of carboxylic acids is 1. The molecular formula is C11H13NO5. The Hall–Kier alpha value is -2.24. The molecule has 92 valence electrons. The highest BCUT2D eigenvalue weighted by atomic mass is 16.4. The van der Waals surface area contributed by atoms with Gasteiger partial charge in [-0.15, -0.1) is 0 Å². The van der Waals surface area contributed by atoms with Crippen LogP contribution in [0.2, 0.25) is 0 Å². The molecule has 0 aliphatic rings. The maximum absolute atomic E-state index is 11.6. The first-order valence-electron chi connectivity index (χ1n) is 4.94. The van der Waals surface area contributed by atoms with E-state index in [1.165, 1.54) is 19.1 Å². The first kappa shape index (κ1) is 12.8. The Morgan fingerprint density at radius 3 is 2.53 bits per heavy atom. The number of carbonyl (C=O) groups is 2. The van der Waals surface area contributed by atoms with Crippen molar-refractivity contribution in [3.8, 4) is 11.5 Å². The summed E-state index contributed by atoms with van der Waals surface area (Å²) in [5, 5.41) is 29.4. The SMILES string of the molecule is CC(CNC(=O)c1ccc(O)cc1O)C(=O)O. The van der Waals surface area contributed by atoms with Crippen LogP contribution in [-0.2, 0) is 4.79 Å². The molecule has 17 heavy (non-hydrogen) atoms. The molecule has 1 atom stereocenters. The molecule has 0 saturated heterocycles. The predicted octanol–water partition coefficient (Wildman–Crippen LogP) is 0.548. The normalized spacial score (nSPS) is 11.8. The highest BCUT2D eigenvalue weighted by Crippen LogP contribution is 2.22. The van der Waals surface area contributed by atoms with Gasteiger partial charge in [-0.05, 0) is 12.1 Å². The highest BCUT2D eigenvalue weighted by molar-refractivity contribution is 5.97. The van der Waals surface area contributed by atoms with E-state index in [1.54, 1.807) is 0 Å². The molecule has 1 unspecified atom stereocenters. The van der Waals surface area contributed by atoms with Crippen molar-refractivity contribution in [2.24, 2.45) is 5.92 Å². The molecule has 0 bridgehead atoms. The smallest absolute Gasteiger partial charge is 0.308 e. The lowest BCUT2D eigenvalue weighted by atomic mass is 10.1. The second kappa shape index (κ2) is 5.20. The van der Waals surface area contributed by atoms with Gasteiger partial charge in [0, 0.05) is 12.6 Å². The van der Waals surface area contributed by atoms with E-state index < -0.39 is 17.8 Å². The van der Waals surface area contributed by atoms with E-state index in [0.717, 1.165) is 6.07 Å². The predicted molar refractivity (Wildman–Crippen MR) is 58.9 cm³/mol. The first-order chi connectivity index (χ1) is 7.91. The van der Waals surface area contributed by atoms with E-state index in [2.05, 4.69) is 5.32 Å². The minimum absolute atomic E-state index is 0.0135. The number of benzene rings is 1. The average Bonchev–Trinajstić information content (AvgIpc) is 2.25. The fourth-order valence-corrected chi connectivity index (χ4v) is 1.14. The van der Waals surface area contributed by atoms with E-state index in [9.17, 15) is 14.7 Å². The van der Waals surface area contributed by atoms with E-state index in [4.69, 9.17) is 10.2 Å². The number of carbonyl (C=O) groups excluding carboxylic acids is 1. The van der Waals surface area contributed by atoms with Crippen LogP contribution in [0.5, 0.6) is 11.5 Å². The van der Waals surface area contributed by atoms with Gasteiger partial charge in [0.2, 0.25) is 0 Å². The largest absolute Gasteiger partial charge is 0.508 e. The molecule has 6 heteroatoms. The molecule has 0 saturated carbocycles. The molecule has 0 radical (unpaired) electrons. The van der Waals surface area contributed by atoms with Gasteiger partial charge < -0.3 is 20.6 Å². The quantitative estimate of drug-likeness (QED) is 0.613. The number of rotatable bonds is 4. The van der Waals surface area contributed by atoms with Crippen LogP contribution in [0, 0.1) is 5.92 Å². The topological polar surface area (TPSA) is 107 Å². The first-order valence-corrected chi connectivity index (χ1v) is 4.94. The summed E-state index contributed by atoms with van der Waals surface area (Å²) < 4.78 is 0. The average molecular weight is 239 g/mol. The van der Waals surface area contributed by atoms with Crippen LogP contribution in [0.1, 0.15) is 17.3 Å². The molecule has 1 aromatic carbocycles. The minimum Gasteiger partial charge on any atom is -0.508 e. The lowest BCUT2D eigenvalue weighted by molar-refractivity contribution is -0.140. The number of amides is 1. The van der Waals surface area contributed by atoms with Crippen molar-refractivity contribution in [1.29, 1.82) is 0 Å². The van der Waals surface area contributed by atoms with Gasteiger partial charge in [0.1, 0.15) is 11.5 Å². The van der Waals surface area contributed by atoms with E-state index in [-0.39, 0.29) is 23.6 Å². The second-order valence-corrected chi connectivity index (χ2v) is 3.65. The number of hydrogen-bond donors (Lipinski definition) is 4. The van der Waals surface area contributed by atoms with Gasteiger partial charge >= 0.3 is 5.97 Å². The van der Waals surface area contributed by atoms with Crippen molar-refractivity contribution < 1.29 is 24.9 Å². The lowest BCUT2D eigenvalue weighted by Gasteiger charge is -2.09. The number of carboxylic acid groups (broad SMARTS) is 1. The third kappa shape index (κ3) is 3.37. The molecule has 0 aliphatic heterocycles. The van der Waals surface area contributed by atoms with Crippen LogP contribution in [0.25, 0.3) is 0 Å². The Balaban J connectivity index is 2.67. The monoisotopic (exact) mass is 239 g/mol. The van der Waals surface area contributed by atoms with Gasteiger partial charge in [-0.1, -0.05) is 6.92 Å². The Kier molecular flexibility index (Phi) is 3.92. The zero-order valence-corrected chi connectivity index (χ0v) is 9.17. The number of aliphatic carboxylic acids is 1. The summed E-state index contributed by atoms with van der Waals surface area (Å²) in [5.41, 5.74) is -0.0135. The summed E-state index contributed by atoms with van der Waals surface area (Å²) in [4.78, 5) is 22.1. The number of aromatic hydroxyl groups is 2. The van der Waals surface area contributed by atoms with Crippen LogP contribution in [-0.4, -0.2) is 33.7 Å². The number of nitrogens with one attached hydrogen (secondary N) is 1. The van der Waals surface area contributed by atoms with Crippen molar-refractivity contribution in [2.75, 3.05) is 6.54 Å². The van der Waals surface area contributed by atoms with Crippen LogP contribution >= 0.6 is 0 Å². The Morgan fingerprint density at radius 1 is 1.35 bits per heavy atom. The van der Waals surface area contributed by atoms with Gasteiger partial charge in [-0.2, -0.15) is 0 Å². The summed E-state index contributed by atoms with van der Waals surface area (Å²) in [6, 6.07) is 3.55. The fraction of sp³-hybridized carbons (Fsp3) is 0.273. The summed E-state index contributed by atoms with van der Waals surface area (Å²) in [5.74, 6) is -2.82. The zero-order chi connectivity index (χ0) is 13.0. The van der Waals surface area contributed by atoms with Gasteiger partial charge in [0.25, 0.3) is 5.91 Å². The van der Waals surface area contributed by atoms with Crippen molar-refractivity contribution in [3.05, 3.63) is 23.8 Å². The molecule has 0 spiro atoms. The summed E-state index contributed by atoms with van der Waals surface area (Å²) in [6.45, 7) is 1.42. The van der Waals surface area contributed by atoms with E-state index in [0.29, 0.717) is 0 Å².